The van der Waals surface area contributed by atoms with Crippen molar-refractivity contribution < 1.29 is 14.6 Å². The Labute approximate surface area is 157 Å². The fourth-order valence-electron chi connectivity index (χ4n) is 7.68. The van der Waals surface area contributed by atoms with Gasteiger partial charge in [-0.15, -0.1) is 0 Å². The molecular weight excluding hydrogens is 324 g/mol. The van der Waals surface area contributed by atoms with Crippen LogP contribution in [-0.4, -0.2) is 22.8 Å². The number of aliphatic hydroxyl groups is 1. The number of aliphatic hydroxyl groups excluding tert-OH is 1. The summed E-state index contributed by atoms with van der Waals surface area (Å²) in [6.07, 6.45) is 13.2. The summed E-state index contributed by atoms with van der Waals surface area (Å²) in [6.45, 7) is 4.20. The molecule has 5 aliphatic carbocycles. The Morgan fingerprint density at radius 1 is 1.00 bits per heavy atom. The normalized spacial score (nSPS) is 49.3. The lowest BCUT2D eigenvalue weighted by Gasteiger charge is -2.39. The lowest BCUT2D eigenvalue weighted by Crippen LogP contribution is -2.41. The Kier molecular flexibility index (Phi) is 4.05. The van der Waals surface area contributed by atoms with Crippen molar-refractivity contribution in [1.82, 2.24) is 0 Å². The summed E-state index contributed by atoms with van der Waals surface area (Å²) in [4.78, 5) is 13.1. The lowest BCUT2D eigenvalue weighted by atomic mass is 9.69. The van der Waals surface area contributed by atoms with Crippen LogP contribution in [0.3, 0.4) is 0 Å². The van der Waals surface area contributed by atoms with E-state index in [1.807, 2.05) is 0 Å². The Hall–Kier alpha value is -0.830. The van der Waals surface area contributed by atoms with Crippen molar-refractivity contribution in [1.29, 1.82) is 0 Å². The topological polar surface area (TPSA) is 46.5 Å². The number of hydrogen-bond donors (Lipinski definition) is 1. The van der Waals surface area contributed by atoms with Crippen LogP contribution in [0.15, 0.2) is 12.2 Å². The van der Waals surface area contributed by atoms with E-state index in [2.05, 4.69) is 26.0 Å². The summed E-state index contributed by atoms with van der Waals surface area (Å²) < 4.78 is 6.19. The van der Waals surface area contributed by atoms with Gasteiger partial charge in [-0.05, 0) is 100 Å². The molecule has 0 heterocycles. The molecule has 4 fully saturated rings. The fraction of sp³-hybridized carbons (Fsp3) is 0.870. The molecule has 0 spiro atoms. The molecule has 0 radical (unpaired) electrons. The first-order valence-electron chi connectivity index (χ1n) is 11.0. The number of rotatable bonds is 3. The third-order valence-corrected chi connectivity index (χ3v) is 8.86. The summed E-state index contributed by atoms with van der Waals surface area (Å²) >= 11 is 0. The van der Waals surface area contributed by atoms with Crippen molar-refractivity contribution in [2.45, 2.75) is 76.9 Å². The van der Waals surface area contributed by atoms with Crippen LogP contribution in [0, 0.1) is 47.3 Å². The van der Waals surface area contributed by atoms with E-state index in [1.54, 1.807) is 0 Å². The Balaban J connectivity index is 1.26. The molecule has 144 valence electrons. The third kappa shape index (κ3) is 2.60. The summed E-state index contributed by atoms with van der Waals surface area (Å²) in [5, 5.41) is 9.92. The van der Waals surface area contributed by atoms with Gasteiger partial charge in [-0.3, -0.25) is 4.79 Å². The van der Waals surface area contributed by atoms with Gasteiger partial charge in [0.1, 0.15) is 5.60 Å². The van der Waals surface area contributed by atoms with Crippen LogP contribution in [0.5, 0.6) is 0 Å². The van der Waals surface area contributed by atoms with Crippen LogP contribution in [0.1, 0.15) is 65.2 Å². The van der Waals surface area contributed by atoms with E-state index >= 15 is 0 Å². The van der Waals surface area contributed by atoms with Gasteiger partial charge in [0, 0.05) is 0 Å². The summed E-state index contributed by atoms with van der Waals surface area (Å²) in [6, 6.07) is 0. The maximum atomic E-state index is 13.1. The van der Waals surface area contributed by atoms with Gasteiger partial charge in [0.25, 0.3) is 0 Å². The van der Waals surface area contributed by atoms with Crippen LogP contribution >= 0.6 is 0 Å². The molecule has 1 N–H and O–H groups in total. The van der Waals surface area contributed by atoms with E-state index in [-0.39, 0.29) is 18.0 Å². The monoisotopic (exact) mass is 358 g/mol. The van der Waals surface area contributed by atoms with Gasteiger partial charge in [0.2, 0.25) is 0 Å². The van der Waals surface area contributed by atoms with E-state index in [1.165, 1.54) is 12.8 Å². The average molecular weight is 359 g/mol. The molecule has 0 aromatic rings. The zero-order valence-electron chi connectivity index (χ0n) is 16.3. The number of fused-ring (bicyclic) bond motifs is 9. The smallest absolute Gasteiger partial charge is 0.309 e. The van der Waals surface area contributed by atoms with Crippen molar-refractivity contribution in [3.05, 3.63) is 12.2 Å². The minimum Gasteiger partial charge on any atom is -0.459 e. The largest absolute Gasteiger partial charge is 0.459 e. The highest BCUT2D eigenvalue weighted by Crippen LogP contribution is 2.67. The van der Waals surface area contributed by atoms with Gasteiger partial charge in [-0.2, -0.15) is 0 Å². The highest BCUT2D eigenvalue weighted by atomic mass is 16.6. The van der Waals surface area contributed by atoms with Crippen LogP contribution in [0.25, 0.3) is 0 Å². The van der Waals surface area contributed by atoms with Gasteiger partial charge in [0.05, 0.1) is 12.0 Å². The predicted molar refractivity (Wildman–Crippen MR) is 100 cm³/mol. The third-order valence-electron chi connectivity index (χ3n) is 8.86. The highest BCUT2D eigenvalue weighted by molar-refractivity contribution is 5.74. The molecule has 5 rings (SSSR count). The van der Waals surface area contributed by atoms with Gasteiger partial charge in [-0.1, -0.05) is 18.6 Å². The van der Waals surface area contributed by atoms with E-state index in [4.69, 9.17) is 4.74 Å². The number of carbonyl (C=O) groups is 1. The summed E-state index contributed by atoms with van der Waals surface area (Å²) in [5.41, 5.74) is -0.406. The van der Waals surface area contributed by atoms with Crippen molar-refractivity contribution in [3.63, 3.8) is 0 Å². The molecule has 4 saturated carbocycles. The lowest BCUT2D eigenvalue weighted by molar-refractivity contribution is -0.170. The zero-order chi connectivity index (χ0) is 18.1. The molecule has 9 unspecified atom stereocenters. The summed E-state index contributed by atoms with van der Waals surface area (Å²) in [7, 11) is 0. The molecule has 3 heteroatoms. The Morgan fingerprint density at radius 3 is 2.58 bits per heavy atom. The first kappa shape index (κ1) is 17.3. The molecule has 4 bridgehead atoms. The number of carbonyl (C=O) groups excluding carboxylic acids is 1. The molecule has 0 aromatic heterocycles. The second-order valence-electron chi connectivity index (χ2n) is 10.5. The molecule has 26 heavy (non-hydrogen) atoms. The SMILES string of the molecule is CC(C)(OC(=O)C1CC2CC1C1C3C=CC(C3)C21)C1CCCC(O)CC1. The number of allylic oxidation sites excluding steroid dienone is 2. The van der Waals surface area contributed by atoms with Gasteiger partial charge in [-0.25, -0.2) is 0 Å². The molecular formula is C23H34O3. The van der Waals surface area contributed by atoms with Gasteiger partial charge < -0.3 is 9.84 Å². The van der Waals surface area contributed by atoms with Crippen LogP contribution in [-0.2, 0) is 9.53 Å². The Morgan fingerprint density at radius 2 is 1.77 bits per heavy atom. The Bertz CT molecular complexity index is 609. The maximum Gasteiger partial charge on any atom is 0.309 e. The first-order chi connectivity index (χ1) is 12.4. The van der Waals surface area contributed by atoms with Crippen molar-refractivity contribution in [2.24, 2.45) is 47.3 Å². The second-order valence-corrected chi connectivity index (χ2v) is 10.5. The van der Waals surface area contributed by atoms with Crippen LogP contribution in [0.4, 0.5) is 0 Å². The van der Waals surface area contributed by atoms with E-state index in [0.29, 0.717) is 11.8 Å². The predicted octanol–water partition coefficient (Wildman–Crippen LogP) is 4.34. The minimum atomic E-state index is -0.406. The first-order valence-corrected chi connectivity index (χ1v) is 11.0. The van der Waals surface area contributed by atoms with E-state index in [0.717, 1.165) is 68.1 Å². The van der Waals surface area contributed by atoms with Gasteiger partial charge in [0.15, 0.2) is 0 Å². The average Bonchev–Trinajstić information content (AvgIpc) is 3.33. The molecule has 5 aliphatic rings. The molecule has 9 atom stereocenters. The van der Waals surface area contributed by atoms with Crippen LogP contribution in [0.2, 0.25) is 0 Å². The van der Waals surface area contributed by atoms with Crippen molar-refractivity contribution in [2.75, 3.05) is 0 Å². The maximum absolute atomic E-state index is 13.1. The fourth-order valence-corrected chi connectivity index (χ4v) is 7.68. The van der Waals surface area contributed by atoms with E-state index < -0.39 is 5.60 Å². The molecule has 3 nitrogen and oxygen atoms in total. The standard InChI is InChI=1S/C23H34O3/c1-23(2,16-4-3-5-17(24)9-8-16)26-22(25)19-12-15-11-18(19)21-14-7-6-13(10-14)20(15)21/h6-7,13-21,24H,3-5,8-12H2,1-2H3. The zero-order valence-corrected chi connectivity index (χ0v) is 16.3. The van der Waals surface area contributed by atoms with Gasteiger partial charge >= 0.3 is 5.97 Å². The molecule has 0 amide bonds. The molecule has 0 aromatic carbocycles. The number of esters is 1. The van der Waals surface area contributed by atoms with E-state index in [9.17, 15) is 9.90 Å². The highest BCUT2D eigenvalue weighted by Gasteiger charge is 2.62. The quantitative estimate of drug-likeness (QED) is 0.353. The summed E-state index contributed by atoms with van der Waals surface area (Å²) in [5.74, 6) is 5.12. The number of hydrogen-bond acceptors (Lipinski definition) is 3. The number of ether oxygens (including phenoxy) is 1. The minimum absolute atomic E-state index is 0.0810. The van der Waals surface area contributed by atoms with Crippen molar-refractivity contribution in [3.8, 4) is 0 Å². The second kappa shape index (κ2) is 6.09. The molecule has 0 aliphatic heterocycles. The van der Waals surface area contributed by atoms with Crippen molar-refractivity contribution >= 4 is 5.97 Å². The molecule has 0 saturated heterocycles. The van der Waals surface area contributed by atoms with Crippen LogP contribution < -0.4 is 0 Å².